The van der Waals surface area contributed by atoms with E-state index in [0.717, 1.165) is 37.9 Å². The van der Waals surface area contributed by atoms with Gasteiger partial charge in [-0.3, -0.25) is 4.90 Å². The molecule has 0 amide bonds. The minimum absolute atomic E-state index is 0.651. The molecule has 1 aromatic heterocycles. The highest BCUT2D eigenvalue weighted by atomic mass is 15.6. The molecule has 6 heteroatoms. The van der Waals surface area contributed by atoms with Gasteiger partial charge in [-0.15, -0.1) is 10.2 Å². The molecule has 2 heterocycles. The topological polar surface area (TPSA) is 58.9 Å². The first kappa shape index (κ1) is 13.0. The maximum atomic E-state index is 4.32. The molecule has 1 unspecified atom stereocenters. The first-order valence-electron chi connectivity index (χ1n) is 7.50. The second-order valence-electron chi connectivity index (χ2n) is 5.84. The maximum absolute atomic E-state index is 4.32. The highest BCUT2D eigenvalue weighted by Crippen LogP contribution is 2.30. The van der Waals surface area contributed by atoms with Crippen LogP contribution in [-0.2, 0) is 13.6 Å². The Balaban J connectivity index is 1.66. The fourth-order valence-electron chi connectivity index (χ4n) is 3.52. The average Bonchev–Trinajstić information content (AvgIpc) is 2.86. The number of tetrazole rings is 1. The van der Waals surface area contributed by atoms with E-state index in [1.165, 1.54) is 32.1 Å². The van der Waals surface area contributed by atoms with Crippen molar-refractivity contribution in [2.24, 2.45) is 13.0 Å². The lowest BCUT2D eigenvalue weighted by molar-refractivity contribution is 0.0835. The Labute approximate surface area is 114 Å². The summed E-state index contributed by atoms with van der Waals surface area (Å²) in [6, 6.07) is 0.651. The largest absolute Gasteiger partial charge is 0.314 e. The Morgan fingerprint density at radius 3 is 2.84 bits per heavy atom. The first-order valence-corrected chi connectivity index (χ1v) is 7.50. The molecule has 1 atom stereocenters. The third kappa shape index (κ3) is 3.12. The fraction of sp³-hybridized carbons (Fsp3) is 0.923. The molecule has 6 nitrogen and oxygen atoms in total. The van der Waals surface area contributed by atoms with Crippen LogP contribution >= 0.6 is 0 Å². The molecule has 1 aliphatic carbocycles. The van der Waals surface area contributed by atoms with Crippen LogP contribution in [0.2, 0.25) is 0 Å². The minimum Gasteiger partial charge on any atom is -0.314 e. The van der Waals surface area contributed by atoms with Crippen molar-refractivity contribution in [3.63, 3.8) is 0 Å². The zero-order valence-corrected chi connectivity index (χ0v) is 11.8. The number of nitrogens with one attached hydrogen (secondary N) is 1. The van der Waals surface area contributed by atoms with Crippen molar-refractivity contribution in [1.29, 1.82) is 0 Å². The molecule has 2 aliphatic rings. The molecule has 3 rings (SSSR count). The van der Waals surface area contributed by atoms with Crippen LogP contribution < -0.4 is 5.32 Å². The fourth-order valence-corrected chi connectivity index (χ4v) is 3.52. The third-order valence-corrected chi connectivity index (χ3v) is 4.49. The van der Waals surface area contributed by atoms with Gasteiger partial charge in [0.05, 0.1) is 13.6 Å². The zero-order chi connectivity index (χ0) is 13.1. The Hall–Kier alpha value is -1.01. The van der Waals surface area contributed by atoms with Crippen molar-refractivity contribution >= 4 is 0 Å². The Morgan fingerprint density at radius 1 is 1.26 bits per heavy atom. The summed E-state index contributed by atoms with van der Waals surface area (Å²) in [6.07, 6.45) is 6.99. The van der Waals surface area contributed by atoms with Crippen LogP contribution in [0.3, 0.4) is 0 Å². The van der Waals surface area contributed by atoms with Gasteiger partial charge in [0.25, 0.3) is 0 Å². The van der Waals surface area contributed by atoms with Gasteiger partial charge in [0, 0.05) is 25.7 Å². The van der Waals surface area contributed by atoms with Crippen molar-refractivity contribution < 1.29 is 0 Å². The Morgan fingerprint density at radius 2 is 2.11 bits per heavy atom. The molecule has 0 radical (unpaired) electrons. The van der Waals surface area contributed by atoms with Gasteiger partial charge in [0.2, 0.25) is 0 Å². The van der Waals surface area contributed by atoms with E-state index in [1.807, 2.05) is 7.05 Å². The van der Waals surface area contributed by atoms with E-state index < -0.39 is 0 Å². The predicted octanol–water partition coefficient (Wildman–Crippen LogP) is 0.564. The summed E-state index contributed by atoms with van der Waals surface area (Å²) in [6.45, 7) is 4.13. The molecule has 1 saturated carbocycles. The summed E-state index contributed by atoms with van der Waals surface area (Å²) in [7, 11) is 1.83. The summed E-state index contributed by atoms with van der Waals surface area (Å²) in [5.41, 5.74) is 0. The molecule has 1 N–H and O–H groups in total. The highest BCUT2D eigenvalue weighted by molar-refractivity contribution is 4.89. The van der Waals surface area contributed by atoms with Crippen molar-refractivity contribution in [2.45, 2.75) is 44.7 Å². The summed E-state index contributed by atoms with van der Waals surface area (Å²) in [5.74, 6) is 1.70. The average molecular weight is 264 g/mol. The lowest BCUT2D eigenvalue weighted by Gasteiger charge is -2.41. The normalized spacial score (nSPS) is 26.7. The van der Waals surface area contributed by atoms with Crippen molar-refractivity contribution in [2.75, 3.05) is 19.6 Å². The second-order valence-corrected chi connectivity index (χ2v) is 5.84. The molecule has 106 valence electrons. The molecule has 1 aliphatic heterocycles. The van der Waals surface area contributed by atoms with Gasteiger partial charge in [-0.1, -0.05) is 19.3 Å². The van der Waals surface area contributed by atoms with Gasteiger partial charge in [-0.25, -0.2) is 0 Å². The number of aryl methyl sites for hydroxylation is 1. The van der Waals surface area contributed by atoms with Gasteiger partial charge in [-0.2, -0.15) is 4.80 Å². The van der Waals surface area contributed by atoms with E-state index in [9.17, 15) is 0 Å². The van der Waals surface area contributed by atoms with Gasteiger partial charge in [-0.05, 0) is 24.0 Å². The predicted molar refractivity (Wildman–Crippen MR) is 72.4 cm³/mol. The first-order chi connectivity index (χ1) is 9.33. The maximum Gasteiger partial charge on any atom is 0.188 e. The standard InChI is InChI=1S/C13H24N6/c1-18-16-13(15-17-18)10-19-8-7-14-9-12(19)11-5-3-2-4-6-11/h11-12,14H,2-10H2,1H3. The van der Waals surface area contributed by atoms with Crippen LogP contribution in [0, 0.1) is 5.92 Å². The monoisotopic (exact) mass is 264 g/mol. The van der Waals surface area contributed by atoms with Gasteiger partial charge >= 0.3 is 0 Å². The highest BCUT2D eigenvalue weighted by Gasteiger charge is 2.31. The molecule has 0 aromatic carbocycles. The molecule has 1 aromatic rings. The quantitative estimate of drug-likeness (QED) is 0.864. The summed E-state index contributed by atoms with van der Waals surface area (Å²) in [5, 5.41) is 15.9. The summed E-state index contributed by atoms with van der Waals surface area (Å²) >= 11 is 0. The van der Waals surface area contributed by atoms with E-state index in [-0.39, 0.29) is 0 Å². The van der Waals surface area contributed by atoms with Crippen LogP contribution in [-0.4, -0.2) is 50.8 Å². The minimum atomic E-state index is 0.651. The zero-order valence-electron chi connectivity index (χ0n) is 11.8. The van der Waals surface area contributed by atoms with Crippen LogP contribution in [0.15, 0.2) is 0 Å². The molecule has 19 heavy (non-hydrogen) atoms. The van der Waals surface area contributed by atoms with E-state index in [0.29, 0.717) is 6.04 Å². The number of hydrogen-bond acceptors (Lipinski definition) is 5. The summed E-state index contributed by atoms with van der Waals surface area (Å²) < 4.78 is 0. The van der Waals surface area contributed by atoms with E-state index in [4.69, 9.17) is 0 Å². The van der Waals surface area contributed by atoms with Crippen molar-refractivity contribution in [1.82, 2.24) is 30.4 Å². The number of aromatic nitrogens is 4. The third-order valence-electron chi connectivity index (χ3n) is 4.49. The number of piperazine rings is 1. The van der Waals surface area contributed by atoms with Crippen LogP contribution in [0.1, 0.15) is 37.9 Å². The van der Waals surface area contributed by atoms with Crippen LogP contribution in [0.5, 0.6) is 0 Å². The van der Waals surface area contributed by atoms with Crippen molar-refractivity contribution in [3.05, 3.63) is 5.82 Å². The smallest absolute Gasteiger partial charge is 0.188 e. The van der Waals surface area contributed by atoms with Gasteiger partial charge in [0.1, 0.15) is 0 Å². The number of hydrogen-bond donors (Lipinski definition) is 1. The molecule has 1 saturated heterocycles. The lowest BCUT2D eigenvalue weighted by atomic mass is 9.82. The van der Waals surface area contributed by atoms with Gasteiger partial charge in [0.15, 0.2) is 5.82 Å². The van der Waals surface area contributed by atoms with Crippen LogP contribution in [0.25, 0.3) is 0 Å². The van der Waals surface area contributed by atoms with E-state index in [2.05, 4.69) is 25.6 Å². The SMILES string of the molecule is Cn1nnc(CN2CCNCC2C2CCCCC2)n1. The molecular weight excluding hydrogens is 240 g/mol. The molecule has 0 bridgehead atoms. The van der Waals surface area contributed by atoms with Crippen molar-refractivity contribution in [3.8, 4) is 0 Å². The van der Waals surface area contributed by atoms with E-state index >= 15 is 0 Å². The number of nitrogens with zero attached hydrogens (tertiary/aromatic N) is 5. The molecule has 2 fully saturated rings. The molecule has 0 spiro atoms. The molecular formula is C13H24N6. The Bertz CT molecular complexity index is 398. The Kier molecular flexibility index (Phi) is 4.08. The van der Waals surface area contributed by atoms with E-state index in [1.54, 1.807) is 4.80 Å². The van der Waals surface area contributed by atoms with Gasteiger partial charge < -0.3 is 5.32 Å². The lowest BCUT2D eigenvalue weighted by Crippen LogP contribution is -2.54. The summed E-state index contributed by atoms with van der Waals surface area (Å²) in [4.78, 5) is 4.11. The van der Waals surface area contributed by atoms with Crippen LogP contribution in [0.4, 0.5) is 0 Å². The second kappa shape index (κ2) is 5.96. The number of rotatable bonds is 3.